The Morgan fingerprint density at radius 1 is 1.23 bits per heavy atom. The van der Waals surface area contributed by atoms with Gasteiger partial charge >= 0.3 is 5.69 Å². The second-order valence-electron chi connectivity index (χ2n) is 5.73. The topological polar surface area (TPSA) is 71.0 Å². The van der Waals surface area contributed by atoms with Crippen LogP contribution < -0.4 is 5.69 Å². The Kier molecular flexibility index (Phi) is 4.09. The summed E-state index contributed by atoms with van der Waals surface area (Å²) in [7, 11) is 1.79. The first-order chi connectivity index (χ1) is 10.7. The second-order valence-corrected chi connectivity index (χ2v) is 5.73. The number of nitrogens with one attached hydrogen (secondary N) is 1. The first-order valence-electron chi connectivity index (χ1n) is 7.69. The number of benzene rings is 1. The molecule has 1 saturated carbocycles. The fraction of sp³-hybridized carbons (Fsp3) is 0.438. The van der Waals surface area contributed by atoms with Crippen molar-refractivity contribution < 1.29 is 4.79 Å². The van der Waals surface area contributed by atoms with E-state index in [1.165, 1.54) is 11.1 Å². The van der Waals surface area contributed by atoms with E-state index in [1.54, 1.807) is 24.1 Å². The highest BCUT2D eigenvalue weighted by Crippen LogP contribution is 2.22. The molecule has 2 aromatic rings. The summed E-state index contributed by atoms with van der Waals surface area (Å²) in [6.07, 6.45) is 5.57. The largest absolute Gasteiger partial charge is 0.348 e. The van der Waals surface area contributed by atoms with Crippen molar-refractivity contribution in [3.8, 4) is 5.69 Å². The summed E-state index contributed by atoms with van der Waals surface area (Å²) in [5.74, 6) is -0.124. The highest BCUT2D eigenvalue weighted by atomic mass is 16.2. The van der Waals surface area contributed by atoms with Gasteiger partial charge in [0, 0.05) is 13.1 Å². The summed E-state index contributed by atoms with van der Waals surface area (Å²) in [6, 6.07) is 9.32. The predicted molar refractivity (Wildman–Crippen MR) is 83.2 cm³/mol. The van der Waals surface area contributed by atoms with Crippen molar-refractivity contribution in [1.82, 2.24) is 19.7 Å². The van der Waals surface area contributed by atoms with Crippen LogP contribution in [0.25, 0.3) is 5.69 Å². The molecule has 0 bridgehead atoms. The lowest BCUT2D eigenvalue weighted by Crippen LogP contribution is -2.38. The quantitative estimate of drug-likeness (QED) is 0.942. The van der Waals surface area contributed by atoms with E-state index in [9.17, 15) is 9.59 Å². The van der Waals surface area contributed by atoms with Gasteiger partial charge in [0.05, 0.1) is 5.69 Å². The molecule has 1 heterocycles. The Morgan fingerprint density at radius 2 is 1.91 bits per heavy atom. The SMILES string of the molecule is CN(C(=O)c1nn(-c2ccccc2)c(=O)[nH]1)C1CCCCC1. The summed E-state index contributed by atoms with van der Waals surface area (Å²) in [5, 5.41) is 4.15. The number of para-hydroxylation sites is 1. The fourth-order valence-corrected chi connectivity index (χ4v) is 2.97. The number of nitrogens with zero attached hydrogens (tertiary/aromatic N) is 3. The molecular formula is C16H20N4O2. The number of rotatable bonds is 3. The highest BCUT2D eigenvalue weighted by molar-refractivity contribution is 5.90. The van der Waals surface area contributed by atoms with E-state index in [2.05, 4.69) is 10.1 Å². The van der Waals surface area contributed by atoms with Crippen LogP contribution >= 0.6 is 0 Å². The second kappa shape index (κ2) is 6.17. The molecule has 0 saturated heterocycles. The summed E-state index contributed by atoms with van der Waals surface area (Å²) < 4.78 is 1.22. The lowest BCUT2D eigenvalue weighted by Gasteiger charge is -2.30. The van der Waals surface area contributed by atoms with Crippen molar-refractivity contribution >= 4 is 5.91 Å². The number of carbonyl (C=O) groups is 1. The van der Waals surface area contributed by atoms with Crippen molar-refractivity contribution in [2.75, 3.05) is 7.05 Å². The lowest BCUT2D eigenvalue weighted by molar-refractivity contribution is 0.0684. The maximum atomic E-state index is 12.5. The minimum Gasteiger partial charge on any atom is -0.336 e. The van der Waals surface area contributed by atoms with E-state index in [0.29, 0.717) is 5.69 Å². The molecule has 1 aliphatic carbocycles. The maximum Gasteiger partial charge on any atom is 0.348 e. The van der Waals surface area contributed by atoms with Crippen molar-refractivity contribution in [3.63, 3.8) is 0 Å². The van der Waals surface area contributed by atoms with Gasteiger partial charge < -0.3 is 4.90 Å². The number of hydrogen-bond donors (Lipinski definition) is 1. The van der Waals surface area contributed by atoms with Gasteiger partial charge in [-0.25, -0.2) is 4.79 Å². The van der Waals surface area contributed by atoms with E-state index >= 15 is 0 Å². The number of aromatic amines is 1. The summed E-state index contributed by atoms with van der Waals surface area (Å²) >= 11 is 0. The molecule has 0 radical (unpaired) electrons. The third kappa shape index (κ3) is 2.81. The number of hydrogen-bond acceptors (Lipinski definition) is 3. The van der Waals surface area contributed by atoms with Gasteiger partial charge in [0.15, 0.2) is 0 Å². The number of aromatic nitrogens is 3. The average Bonchev–Trinajstić information content (AvgIpc) is 2.97. The monoisotopic (exact) mass is 300 g/mol. The van der Waals surface area contributed by atoms with Crippen molar-refractivity contribution in [3.05, 3.63) is 46.6 Å². The van der Waals surface area contributed by atoms with Gasteiger partial charge in [0.1, 0.15) is 0 Å². The first kappa shape index (κ1) is 14.6. The summed E-state index contributed by atoms with van der Waals surface area (Å²) in [4.78, 5) is 28.8. The molecule has 116 valence electrons. The molecule has 0 aliphatic heterocycles. The molecule has 22 heavy (non-hydrogen) atoms. The third-order valence-corrected chi connectivity index (χ3v) is 4.26. The molecule has 6 heteroatoms. The zero-order chi connectivity index (χ0) is 15.5. The predicted octanol–water partition coefficient (Wildman–Crippen LogP) is 1.97. The molecule has 3 rings (SSSR count). The smallest absolute Gasteiger partial charge is 0.336 e. The third-order valence-electron chi connectivity index (χ3n) is 4.26. The number of H-pyrrole nitrogens is 1. The summed E-state index contributed by atoms with van der Waals surface area (Å²) in [5.41, 5.74) is 0.245. The van der Waals surface area contributed by atoms with Crippen LogP contribution in [0.1, 0.15) is 42.7 Å². The zero-order valence-corrected chi connectivity index (χ0v) is 12.7. The molecule has 1 amide bonds. The van der Waals surface area contributed by atoms with E-state index in [4.69, 9.17) is 0 Å². The Balaban J connectivity index is 1.83. The van der Waals surface area contributed by atoms with Crippen molar-refractivity contribution in [2.24, 2.45) is 0 Å². The average molecular weight is 300 g/mol. The highest BCUT2D eigenvalue weighted by Gasteiger charge is 2.25. The van der Waals surface area contributed by atoms with Crippen LogP contribution in [0, 0.1) is 0 Å². The van der Waals surface area contributed by atoms with Crippen LogP contribution in [-0.2, 0) is 0 Å². The molecule has 1 aliphatic rings. The molecule has 6 nitrogen and oxygen atoms in total. The van der Waals surface area contributed by atoms with Crippen LogP contribution in [-0.4, -0.2) is 38.7 Å². The van der Waals surface area contributed by atoms with E-state index in [1.807, 2.05) is 18.2 Å². The molecule has 1 N–H and O–H groups in total. The standard InChI is InChI=1S/C16H20N4O2/c1-19(12-8-4-2-5-9-12)15(21)14-17-16(22)20(18-14)13-10-6-3-7-11-13/h3,6-7,10-12H,2,4-5,8-9H2,1H3,(H,17,18,22). The van der Waals surface area contributed by atoms with E-state index < -0.39 is 5.69 Å². The van der Waals surface area contributed by atoms with Crippen LogP contribution in [0.2, 0.25) is 0 Å². The Hall–Kier alpha value is -2.37. The van der Waals surface area contributed by atoms with Gasteiger partial charge in [-0.3, -0.25) is 9.78 Å². The normalized spacial score (nSPS) is 15.7. The van der Waals surface area contributed by atoms with E-state index in [-0.39, 0.29) is 17.8 Å². The molecule has 1 fully saturated rings. The molecule has 0 atom stereocenters. The Labute approximate surface area is 128 Å². The van der Waals surface area contributed by atoms with Crippen molar-refractivity contribution in [1.29, 1.82) is 0 Å². The number of carbonyl (C=O) groups excluding carboxylic acids is 1. The van der Waals surface area contributed by atoms with Gasteiger partial charge in [0.2, 0.25) is 5.82 Å². The van der Waals surface area contributed by atoms with Gasteiger partial charge in [0.25, 0.3) is 5.91 Å². The van der Waals surface area contributed by atoms with Gasteiger partial charge in [-0.05, 0) is 25.0 Å². The van der Waals surface area contributed by atoms with Crippen LogP contribution in [0.4, 0.5) is 0 Å². The molecule has 0 spiro atoms. The van der Waals surface area contributed by atoms with Crippen LogP contribution in [0.3, 0.4) is 0 Å². The molecular weight excluding hydrogens is 280 g/mol. The zero-order valence-electron chi connectivity index (χ0n) is 12.7. The minimum atomic E-state index is -0.397. The lowest BCUT2D eigenvalue weighted by atomic mass is 9.94. The number of amides is 1. The van der Waals surface area contributed by atoms with Crippen LogP contribution in [0.5, 0.6) is 0 Å². The van der Waals surface area contributed by atoms with Crippen LogP contribution in [0.15, 0.2) is 35.1 Å². The van der Waals surface area contributed by atoms with Gasteiger partial charge in [-0.2, -0.15) is 4.68 Å². The minimum absolute atomic E-state index is 0.0990. The molecule has 0 unspecified atom stereocenters. The van der Waals surface area contributed by atoms with Gasteiger partial charge in [-0.1, -0.05) is 37.5 Å². The summed E-state index contributed by atoms with van der Waals surface area (Å²) in [6.45, 7) is 0. The van der Waals surface area contributed by atoms with E-state index in [0.717, 1.165) is 25.7 Å². The molecule has 1 aromatic heterocycles. The van der Waals surface area contributed by atoms with Crippen molar-refractivity contribution in [2.45, 2.75) is 38.1 Å². The Morgan fingerprint density at radius 3 is 2.59 bits per heavy atom. The Bertz CT molecular complexity index is 698. The molecule has 1 aromatic carbocycles. The maximum absolute atomic E-state index is 12.5. The first-order valence-corrected chi connectivity index (χ1v) is 7.69. The fourth-order valence-electron chi connectivity index (χ4n) is 2.97. The van der Waals surface area contributed by atoms with Gasteiger partial charge in [-0.15, -0.1) is 5.10 Å².